The molecule has 76 valence electrons. The van der Waals surface area contributed by atoms with E-state index in [1.54, 1.807) is 12.1 Å². The maximum absolute atomic E-state index is 10.6. The van der Waals surface area contributed by atoms with Gasteiger partial charge in [0.15, 0.2) is 6.10 Å². The van der Waals surface area contributed by atoms with E-state index in [1.807, 2.05) is 0 Å². The van der Waals surface area contributed by atoms with Crippen molar-refractivity contribution in [1.82, 2.24) is 0 Å². The van der Waals surface area contributed by atoms with Crippen molar-refractivity contribution in [3.63, 3.8) is 0 Å². The van der Waals surface area contributed by atoms with Crippen molar-refractivity contribution in [3.8, 4) is 0 Å². The zero-order chi connectivity index (χ0) is 10.9. The Morgan fingerprint density at radius 1 is 1.14 bits per heavy atom. The SMILES string of the molecule is O=C(O)C(O)c1cc(Br)c(Br)cc1Br. The van der Waals surface area contributed by atoms with Gasteiger partial charge in [0.05, 0.1) is 0 Å². The second-order valence-electron chi connectivity index (χ2n) is 2.53. The number of aliphatic hydroxyl groups excluding tert-OH is 1. The molecule has 0 radical (unpaired) electrons. The van der Waals surface area contributed by atoms with Gasteiger partial charge in [-0.25, -0.2) is 4.79 Å². The minimum atomic E-state index is -1.52. The van der Waals surface area contributed by atoms with E-state index in [0.717, 1.165) is 4.47 Å². The van der Waals surface area contributed by atoms with Gasteiger partial charge in [-0.05, 0) is 44.0 Å². The van der Waals surface area contributed by atoms with Gasteiger partial charge in [-0.2, -0.15) is 0 Å². The van der Waals surface area contributed by atoms with Crippen molar-refractivity contribution in [2.24, 2.45) is 0 Å². The first kappa shape index (κ1) is 12.2. The second-order valence-corrected chi connectivity index (χ2v) is 5.09. The molecule has 2 N–H and O–H groups in total. The Morgan fingerprint density at radius 2 is 1.64 bits per heavy atom. The number of rotatable bonds is 2. The Morgan fingerprint density at radius 3 is 2.14 bits per heavy atom. The van der Waals surface area contributed by atoms with E-state index in [2.05, 4.69) is 47.8 Å². The summed E-state index contributed by atoms with van der Waals surface area (Å²) in [5.74, 6) is -1.28. The third-order valence-corrected chi connectivity index (χ3v) is 4.10. The predicted octanol–water partition coefficient (Wildman–Crippen LogP) is 3.09. The molecule has 0 aliphatic carbocycles. The van der Waals surface area contributed by atoms with Gasteiger partial charge in [0, 0.05) is 19.0 Å². The molecule has 1 aromatic rings. The summed E-state index contributed by atoms with van der Waals surface area (Å²) < 4.78 is 2.02. The van der Waals surface area contributed by atoms with Crippen LogP contribution in [0.25, 0.3) is 0 Å². The first-order valence-electron chi connectivity index (χ1n) is 3.48. The van der Waals surface area contributed by atoms with Crippen molar-refractivity contribution in [3.05, 3.63) is 31.1 Å². The molecule has 3 nitrogen and oxygen atoms in total. The molecule has 0 fully saturated rings. The summed E-state index contributed by atoms with van der Waals surface area (Å²) in [6.45, 7) is 0. The van der Waals surface area contributed by atoms with E-state index in [4.69, 9.17) is 5.11 Å². The average molecular weight is 389 g/mol. The van der Waals surface area contributed by atoms with E-state index in [-0.39, 0.29) is 0 Å². The molecule has 0 aliphatic heterocycles. The van der Waals surface area contributed by atoms with Crippen LogP contribution >= 0.6 is 47.8 Å². The fourth-order valence-corrected chi connectivity index (χ4v) is 2.45. The molecule has 0 saturated carbocycles. The number of aliphatic hydroxyl groups is 1. The Hall–Kier alpha value is 0.0900. The normalized spacial score (nSPS) is 12.6. The van der Waals surface area contributed by atoms with Crippen molar-refractivity contribution in [2.75, 3.05) is 0 Å². The molecular weight excluding hydrogens is 384 g/mol. The number of carbonyl (C=O) groups is 1. The molecule has 1 atom stereocenters. The highest BCUT2D eigenvalue weighted by Crippen LogP contribution is 2.32. The van der Waals surface area contributed by atoms with Gasteiger partial charge in [0.1, 0.15) is 0 Å². The minimum absolute atomic E-state index is 0.313. The average Bonchev–Trinajstić information content (AvgIpc) is 2.10. The van der Waals surface area contributed by atoms with Gasteiger partial charge >= 0.3 is 5.97 Å². The van der Waals surface area contributed by atoms with Gasteiger partial charge < -0.3 is 10.2 Å². The maximum atomic E-state index is 10.6. The first-order chi connectivity index (χ1) is 6.43. The van der Waals surface area contributed by atoms with Crippen LogP contribution in [0, 0.1) is 0 Å². The lowest BCUT2D eigenvalue weighted by molar-refractivity contribution is -0.147. The number of aliphatic carboxylic acids is 1. The lowest BCUT2D eigenvalue weighted by atomic mass is 10.1. The molecule has 0 bridgehead atoms. The molecule has 0 amide bonds. The smallest absolute Gasteiger partial charge is 0.337 e. The molecule has 6 heteroatoms. The topological polar surface area (TPSA) is 57.5 Å². The van der Waals surface area contributed by atoms with E-state index < -0.39 is 12.1 Å². The molecule has 0 aromatic heterocycles. The highest BCUT2D eigenvalue weighted by atomic mass is 79.9. The van der Waals surface area contributed by atoms with Crippen molar-refractivity contribution in [2.45, 2.75) is 6.10 Å². The van der Waals surface area contributed by atoms with Gasteiger partial charge in [-0.15, -0.1) is 0 Å². The summed E-state index contributed by atoms with van der Waals surface area (Å²) in [5, 5.41) is 18.0. The molecule has 0 aliphatic rings. The molecular formula is C8H5Br3O3. The van der Waals surface area contributed by atoms with Gasteiger partial charge in [-0.1, -0.05) is 15.9 Å². The van der Waals surface area contributed by atoms with Crippen LogP contribution in [-0.2, 0) is 4.79 Å². The highest BCUT2D eigenvalue weighted by Gasteiger charge is 2.19. The first-order valence-corrected chi connectivity index (χ1v) is 5.86. The lowest BCUT2D eigenvalue weighted by Gasteiger charge is -2.09. The third-order valence-electron chi connectivity index (χ3n) is 1.57. The Labute approximate surface area is 106 Å². The second kappa shape index (κ2) is 4.74. The van der Waals surface area contributed by atoms with Crippen molar-refractivity contribution < 1.29 is 15.0 Å². The summed E-state index contributed by atoms with van der Waals surface area (Å²) >= 11 is 9.66. The minimum Gasteiger partial charge on any atom is -0.479 e. The van der Waals surface area contributed by atoms with Crippen molar-refractivity contribution in [1.29, 1.82) is 0 Å². The van der Waals surface area contributed by atoms with Gasteiger partial charge in [0.25, 0.3) is 0 Å². The highest BCUT2D eigenvalue weighted by molar-refractivity contribution is 9.13. The zero-order valence-electron chi connectivity index (χ0n) is 6.67. The number of carboxylic acids is 1. The van der Waals surface area contributed by atoms with Crippen LogP contribution in [0.2, 0.25) is 0 Å². The van der Waals surface area contributed by atoms with Gasteiger partial charge in [0.2, 0.25) is 0 Å². The summed E-state index contributed by atoms with van der Waals surface area (Å²) in [5.41, 5.74) is 0.313. The molecule has 14 heavy (non-hydrogen) atoms. The van der Waals surface area contributed by atoms with E-state index >= 15 is 0 Å². The quantitative estimate of drug-likeness (QED) is 0.765. The lowest BCUT2D eigenvalue weighted by Crippen LogP contribution is -2.11. The summed E-state index contributed by atoms with van der Waals surface area (Å²) in [7, 11) is 0. The van der Waals surface area contributed by atoms with E-state index in [1.165, 1.54) is 0 Å². The Balaban J connectivity index is 3.22. The number of hydrogen-bond donors (Lipinski definition) is 2. The van der Waals surface area contributed by atoms with E-state index in [9.17, 15) is 9.90 Å². The van der Waals surface area contributed by atoms with Crippen LogP contribution in [0.1, 0.15) is 11.7 Å². The van der Waals surface area contributed by atoms with Crippen LogP contribution in [0.3, 0.4) is 0 Å². The van der Waals surface area contributed by atoms with Crippen LogP contribution in [0.15, 0.2) is 25.6 Å². The Kier molecular flexibility index (Phi) is 4.12. The summed E-state index contributed by atoms with van der Waals surface area (Å²) in [4.78, 5) is 10.6. The monoisotopic (exact) mass is 386 g/mol. The molecule has 0 saturated heterocycles. The fourth-order valence-electron chi connectivity index (χ4n) is 0.881. The van der Waals surface area contributed by atoms with Crippen LogP contribution in [0.5, 0.6) is 0 Å². The number of halogens is 3. The summed E-state index contributed by atoms with van der Waals surface area (Å²) in [6.07, 6.45) is -1.52. The van der Waals surface area contributed by atoms with Crippen LogP contribution in [0.4, 0.5) is 0 Å². The zero-order valence-corrected chi connectivity index (χ0v) is 11.4. The molecule has 1 unspecified atom stereocenters. The van der Waals surface area contributed by atoms with Gasteiger partial charge in [-0.3, -0.25) is 0 Å². The van der Waals surface area contributed by atoms with Crippen LogP contribution < -0.4 is 0 Å². The molecule has 0 heterocycles. The Bertz CT molecular complexity index is 378. The molecule has 1 aromatic carbocycles. The van der Waals surface area contributed by atoms with Crippen molar-refractivity contribution >= 4 is 53.8 Å². The molecule has 1 rings (SSSR count). The maximum Gasteiger partial charge on any atom is 0.337 e. The number of benzene rings is 1. The largest absolute Gasteiger partial charge is 0.479 e. The number of carboxylic acid groups (broad SMARTS) is 1. The van der Waals surface area contributed by atoms with Crippen LogP contribution in [-0.4, -0.2) is 16.2 Å². The number of hydrogen-bond acceptors (Lipinski definition) is 2. The fraction of sp³-hybridized carbons (Fsp3) is 0.125. The predicted molar refractivity (Wildman–Crippen MR) is 62.1 cm³/mol. The summed E-state index contributed by atoms with van der Waals surface area (Å²) in [6, 6.07) is 3.22. The molecule has 0 spiro atoms. The standard InChI is InChI=1S/C8H5Br3O3/c9-4-2-6(11)5(10)1-3(4)7(12)8(13)14/h1-2,7,12H,(H,13,14). The third kappa shape index (κ3) is 2.56. The van der Waals surface area contributed by atoms with E-state index in [0.29, 0.717) is 14.5 Å².